The van der Waals surface area contributed by atoms with E-state index < -0.39 is 5.60 Å². The molecular formula is C13H23N3O2. The van der Waals surface area contributed by atoms with Crippen molar-refractivity contribution >= 4 is 0 Å². The van der Waals surface area contributed by atoms with Crippen molar-refractivity contribution in [3.63, 3.8) is 0 Å². The summed E-state index contributed by atoms with van der Waals surface area (Å²) in [6.07, 6.45) is 5.67. The molecule has 1 saturated heterocycles. The molecule has 0 aliphatic carbocycles. The lowest BCUT2D eigenvalue weighted by Gasteiger charge is -2.36. The Morgan fingerprint density at radius 1 is 1.56 bits per heavy atom. The maximum absolute atomic E-state index is 10.7. The molecule has 18 heavy (non-hydrogen) atoms. The van der Waals surface area contributed by atoms with E-state index in [-0.39, 0.29) is 6.10 Å². The van der Waals surface area contributed by atoms with Crippen LogP contribution in [0.3, 0.4) is 0 Å². The van der Waals surface area contributed by atoms with Crippen LogP contribution in [0.15, 0.2) is 6.33 Å². The van der Waals surface area contributed by atoms with E-state index in [1.54, 1.807) is 6.33 Å². The fraction of sp³-hybridized carbons (Fsp3) is 0.846. The van der Waals surface area contributed by atoms with Crippen LogP contribution < -0.4 is 0 Å². The van der Waals surface area contributed by atoms with Crippen LogP contribution in [0, 0.1) is 0 Å². The Kier molecular flexibility index (Phi) is 4.35. The molecule has 2 atom stereocenters. The van der Waals surface area contributed by atoms with Crippen molar-refractivity contribution < 1.29 is 9.84 Å². The zero-order valence-corrected chi connectivity index (χ0v) is 11.3. The zero-order valence-electron chi connectivity index (χ0n) is 11.3. The van der Waals surface area contributed by atoms with E-state index in [9.17, 15) is 5.11 Å². The third-order valence-corrected chi connectivity index (χ3v) is 3.60. The third kappa shape index (κ3) is 3.09. The molecule has 0 amide bonds. The normalized spacial score (nSPS) is 28.5. The number of ether oxygens (including phenoxy) is 1. The van der Waals surface area contributed by atoms with Crippen molar-refractivity contribution in [3.8, 4) is 0 Å². The fourth-order valence-electron chi connectivity index (χ4n) is 2.54. The molecule has 0 bridgehead atoms. The molecule has 1 aromatic rings. The summed E-state index contributed by atoms with van der Waals surface area (Å²) in [6, 6.07) is 0. The van der Waals surface area contributed by atoms with Gasteiger partial charge in [-0.2, -0.15) is 5.10 Å². The Bertz CT molecular complexity index is 380. The number of rotatable bonds is 5. The van der Waals surface area contributed by atoms with E-state index in [4.69, 9.17) is 4.74 Å². The molecule has 2 heterocycles. The number of aryl methyl sites for hydroxylation is 1. The maximum atomic E-state index is 10.7. The van der Waals surface area contributed by atoms with Gasteiger partial charge in [0.05, 0.1) is 11.7 Å². The van der Waals surface area contributed by atoms with Crippen molar-refractivity contribution in [2.75, 3.05) is 6.61 Å². The second kappa shape index (κ2) is 5.80. The molecule has 1 aliphatic rings. The van der Waals surface area contributed by atoms with E-state index in [0.717, 1.165) is 25.2 Å². The number of hydrogen-bond acceptors (Lipinski definition) is 4. The van der Waals surface area contributed by atoms with Crippen molar-refractivity contribution in [3.05, 3.63) is 12.2 Å². The minimum Gasteiger partial charge on any atom is -0.389 e. The first kappa shape index (κ1) is 13.5. The number of hydrogen-bond donors (Lipinski definition) is 1. The van der Waals surface area contributed by atoms with Gasteiger partial charge in [0, 0.05) is 32.4 Å². The van der Waals surface area contributed by atoms with Gasteiger partial charge in [0.2, 0.25) is 0 Å². The smallest absolute Gasteiger partial charge is 0.138 e. The number of aliphatic hydroxyl groups is 1. The molecule has 1 N–H and O–H groups in total. The maximum Gasteiger partial charge on any atom is 0.138 e. The quantitative estimate of drug-likeness (QED) is 0.865. The molecule has 0 radical (unpaired) electrons. The summed E-state index contributed by atoms with van der Waals surface area (Å²) < 4.78 is 7.51. The van der Waals surface area contributed by atoms with Gasteiger partial charge in [0.15, 0.2) is 0 Å². The zero-order chi connectivity index (χ0) is 13.0. The molecular weight excluding hydrogens is 230 g/mol. The van der Waals surface area contributed by atoms with Crippen LogP contribution in [-0.4, -0.2) is 38.2 Å². The lowest BCUT2D eigenvalue weighted by Crippen LogP contribution is -2.43. The van der Waals surface area contributed by atoms with Crippen LogP contribution in [0.2, 0.25) is 0 Å². The predicted octanol–water partition coefficient (Wildman–Crippen LogP) is 1.55. The Morgan fingerprint density at radius 2 is 2.39 bits per heavy atom. The van der Waals surface area contributed by atoms with Crippen molar-refractivity contribution in [2.45, 2.75) is 64.2 Å². The van der Waals surface area contributed by atoms with E-state index in [2.05, 4.69) is 23.9 Å². The first-order valence-electron chi connectivity index (χ1n) is 6.87. The summed E-state index contributed by atoms with van der Waals surface area (Å²) in [5, 5.41) is 14.9. The predicted molar refractivity (Wildman–Crippen MR) is 68.2 cm³/mol. The summed E-state index contributed by atoms with van der Waals surface area (Å²) >= 11 is 0. The SMILES string of the molecule is CCCn1ncnc1CC1(O)CCOC(CC)C1. The molecule has 2 unspecified atom stereocenters. The molecule has 1 fully saturated rings. The van der Waals surface area contributed by atoms with Crippen LogP contribution in [0.4, 0.5) is 0 Å². The summed E-state index contributed by atoms with van der Waals surface area (Å²) in [7, 11) is 0. The van der Waals surface area contributed by atoms with Gasteiger partial charge in [0.25, 0.3) is 0 Å². The Balaban J connectivity index is 2.04. The fourth-order valence-corrected chi connectivity index (χ4v) is 2.54. The van der Waals surface area contributed by atoms with Crippen molar-refractivity contribution in [1.82, 2.24) is 14.8 Å². The highest BCUT2D eigenvalue weighted by molar-refractivity contribution is 4.97. The topological polar surface area (TPSA) is 60.2 Å². The standard InChI is InChI=1S/C13H23N3O2/c1-3-6-16-12(14-10-15-16)9-13(17)5-7-18-11(4-2)8-13/h10-11,17H,3-9H2,1-2H3. The first-order chi connectivity index (χ1) is 8.67. The summed E-state index contributed by atoms with van der Waals surface area (Å²) in [6.45, 7) is 5.70. The van der Waals surface area contributed by atoms with Gasteiger partial charge in [-0.3, -0.25) is 4.68 Å². The molecule has 1 aliphatic heterocycles. The Morgan fingerprint density at radius 3 is 3.11 bits per heavy atom. The van der Waals surface area contributed by atoms with Crippen LogP contribution in [-0.2, 0) is 17.7 Å². The van der Waals surface area contributed by atoms with E-state index >= 15 is 0 Å². The Hall–Kier alpha value is -0.940. The molecule has 1 aromatic heterocycles. The van der Waals surface area contributed by atoms with Crippen LogP contribution in [0.5, 0.6) is 0 Å². The van der Waals surface area contributed by atoms with Gasteiger partial charge in [0.1, 0.15) is 12.2 Å². The number of aromatic nitrogens is 3. The second-order valence-electron chi connectivity index (χ2n) is 5.16. The highest BCUT2D eigenvalue weighted by Gasteiger charge is 2.35. The van der Waals surface area contributed by atoms with Crippen molar-refractivity contribution in [2.24, 2.45) is 0 Å². The summed E-state index contributed by atoms with van der Waals surface area (Å²) in [5.74, 6) is 0.885. The minimum atomic E-state index is -0.683. The van der Waals surface area contributed by atoms with E-state index in [1.807, 2.05) is 4.68 Å². The first-order valence-corrected chi connectivity index (χ1v) is 6.87. The van der Waals surface area contributed by atoms with Crippen LogP contribution in [0.25, 0.3) is 0 Å². The highest BCUT2D eigenvalue weighted by Crippen LogP contribution is 2.29. The van der Waals surface area contributed by atoms with Gasteiger partial charge in [-0.25, -0.2) is 4.98 Å². The van der Waals surface area contributed by atoms with Gasteiger partial charge >= 0.3 is 0 Å². The van der Waals surface area contributed by atoms with Gasteiger partial charge < -0.3 is 9.84 Å². The van der Waals surface area contributed by atoms with Crippen LogP contribution >= 0.6 is 0 Å². The summed E-state index contributed by atoms with van der Waals surface area (Å²) in [4.78, 5) is 4.28. The van der Waals surface area contributed by atoms with Gasteiger partial charge in [-0.05, 0) is 12.8 Å². The highest BCUT2D eigenvalue weighted by atomic mass is 16.5. The Labute approximate surface area is 108 Å². The molecule has 0 saturated carbocycles. The summed E-state index contributed by atoms with van der Waals surface area (Å²) in [5.41, 5.74) is -0.683. The lowest BCUT2D eigenvalue weighted by atomic mass is 9.86. The average Bonchev–Trinajstić information content (AvgIpc) is 2.76. The molecule has 5 heteroatoms. The van der Waals surface area contributed by atoms with Crippen LogP contribution in [0.1, 0.15) is 45.4 Å². The largest absolute Gasteiger partial charge is 0.389 e. The molecule has 5 nitrogen and oxygen atoms in total. The van der Waals surface area contributed by atoms with Gasteiger partial charge in [-0.15, -0.1) is 0 Å². The second-order valence-corrected chi connectivity index (χ2v) is 5.16. The van der Waals surface area contributed by atoms with Gasteiger partial charge in [-0.1, -0.05) is 13.8 Å². The van der Waals surface area contributed by atoms with E-state index in [1.165, 1.54) is 0 Å². The molecule has 2 rings (SSSR count). The average molecular weight is 253 g/mol. The third-order valence-electron chi connectivity index (χ3n) is 3.60. The van der Waals surface area contributed by atoms with E-state index in [0.29, 0.717) is 25.9 Å². The van der Waals surface area contributed by atoms with Crippen molar-refractivity contribution in [1.29, 1.82) is 0 Å². The number of nitrogens with zero attached hydrogens (tertiary/aromatic N) is 3. The lowest BCUT2D eigenvalue weighted by molar-refractivity contribution is -0.104. The molecule has 0 aromatic carbocycles. The molecule has 0 spiro atoms. The minimum absolute atomic E-state index is 0.172. The monoisotopic (exact) mass is 253 g/mol. The molecule has 102 valence electrons.